The molecule has 3 aromatic rings. The molecule has 67 heavy (non-hydrogen) atoms. The lowest BCUT2D eigenvalue weighted by Gasteiger charge is -2.55. The molecule has 3 aromatic carbocycles. The third-order valence-electron chi connectivity index (χ3n) is 15.2. The molecule has 1 atom stereocenters. The van der Waals surface area contributed by atoms with Gasteiger partial charge in [-0.2, -0.15) is 18.4 Å². The summed E-state index contributed by atoms with van der Waals surface area (Å²) in [5, 5.41) is 11.3. The molecule has 5 fully saturated rings. The van der Waals surface area contributed by atoms with Crippen LogP contribution in [-0.2, 0) is 27.0 Å². The first-order valence-corrected chi connectivity index (χ1v) is 22.8. The normalized spacial score (nSPS) is 23.6. The van der Waals surface area contributed by atoms with Crippen molar-refractivity contribution in [3.8, 4) is 11.8 Å². The molecule has 14 nitrogen and oxygen atoms in total. The second kappa shape index (κ2) is 15.7. The molecule has 7 aliphatic rings. The Morgan fingerprint density at radius 2 is 1.55 bits per heavy atom. The summed E-state index contributed by atoms with van der Waals surface area (Å²) in [6.07, 6.45) is 1.51. The number of halogens is 4. The first-order chi connectivity index (χ1) is 31.7. The zero-order valence-electron chi connectivity index (χ0n) is 36.6. The number of carbonyl (C=O) groups is 6. The molecule has 0 radical (unpaired) electrons. The number of carbonyl (C=O) groups excluding carboxylic acids is 6. The molecule has 19 heteroatoms. The van der Waals surface area contributed by atoms with Crippen molar-refractivity contribution in [2.24, 2.45) is 10.8 Å². The molecule has 6 heterocycles. The maximum Gasteiger partial charge on any atom is 0.417 e. The van der Waals surface area contributed by atoms with Gasteiger partial charge in [0.25, 0.3) is 23.6 Å². The van der Waals surface area contributed by atoms with Crippen molar-refractivity contribution in [3.05, 3.63) is 87.7 Å². The zero-order chi connectivity index (χ0) is 47.5. The van der Waals surface area contributed by atoms with E-state index in [9.17, 15) is 47.2 Å². The number of alkyl halides is 3. The minimum absolute atomic E-state index is 0.0461. The van der Waals surface area contributed by atoms with Crippen molar-refractivity contribution in [2.45, 2.75) is 95.4 Å². The fraction of sp³-hybridized carbons (Fsp3) is 0.458. The molecule has 6 amide bonds. The first kappa shape index (κ1) is 44.6. The Labute approximate surface area is 387 Å². The van der Waals surface area contributed by atoms with Crippen LogP contribution in [-0.4, -0.2) is 106 Å². The summed E-state index contributed by atoms with van der Waals surface area (Å²) in [6.45, 7) is 6.27. The number of hydrogen-bond acceptors (Lipinski definition) is 10. The smallest absolute Gasteiger partial charge is 0.417 e. The van der Waals surface area contributed by atoms with E-state index >= 15 is 4.39 Å². The van der Waals surface area contributed by atoms with Crippen LogP contribution in [0.15, 0.2) is 48.5 Å². The number of thiocarbonyl (C=S) groups is 1. The Morgan fingerprint density at radius 1 is 0.881 bits per heavy atom. The van der Waals surface area contributed by atoms with Gasteiger partial charge in [0.15, 0.2) is 5.11 Å². The number of nitrogens with one attached hydrogen (secondary N) is 1. The number of anilines is 2. The van der Waals surface area contributed by atoms with E-state index in [-0.39, 0.29) is 56.8 Å². The highest BCUT2D eigenvalue weighted by molar-refractivity contribution is 7.81. The summed E-state index contributed by atoms with van der Waals surface area (Å²) in [6, 6.07) is 11.0. The third-order valence-corrected chi connectivity index (χ3v) is 15.6. The lowest BCUT2D eigenvalue weighted by molar-refractivity contribution is -0.138. The van der Waals surface area contributed by atoms with Crippen LogP contribution in [0.2, 0.25) is 0 Å². The van der Waals surface area contributed by atoms with Crippen molar-refractivity contribution in [1.29, 1.82) is 5.26 Å². The number of amides is 6. The lowest BCUT2D eigenvalue weighted by Crippen LogP contribution is -2.61. The van der Waals surface area contributed by atoms with Gasteiger partial charge in [0.1, 0.15) is 23.1 Å². The Balaban J connectivity index is 0.732. The van der Waals surface area contributed by atoms with Gasteiger partial charge in [-0.15, -0.1) is 0 Å². The molecule has 1 N–H and O–H groups in total. The van der Waals surface area contributed by atoms with Crippen LogP contribution in [0.25, 0.3) is 0 Å². The predicted molar refractivity (Wildman–Crippen MR) is 235 cm³/mol. The van der Waals surface area contributed by atoms with E-state index < -0.39 is 70.1 Å². The van der Waals surface area contributed by atoms with Crippen LogP contribution in [0.1, 0.15) is 113 Å². The van der Waals surface area contributed by atoms with E-state index in [1.54, 1.807) is 17.0 Å². The molecule has 4 saturated heterocycles. The number of likely N-dealkylation sites (tertiary alicyclic amines) is 2. The van der Waals surface area contributed by atoms with Gasteiger partial charge in [-0.05, 0) is 145 Å². The Bertz CT molecular complexity index is 2770. The lowest BCUT2D eigenvalue weighted by atomic mass is 9.66. The molecular formula is C48H45F4N7O7S. The van der Waals surface area contributed by atoms with Gasteiger partial charge >= 0.3 is 6.18 Å². The van der Waals surface area contributed by atoms with Crippen LogP contribution in [0, 0.1) is 28.0 Å². The summed E-state index contributed by atoms with van der Waals surface area (Å²) in [5.74, 6) is -3.55. The summed E-state index contributed by atoms with van der Waals surface area (Å²) in [5.41, 5.74) is -2.32. The van der Waals surface area contributed by atoms with Gasteiger partial charge < -0.3 is 19.4 Å². The molecule has 10 rings (SSSR count). The molecule has 0 aromatic heterocycles. The number of ether oxygens (including phenoxy) is 1. The Hall–Kier alpha value is -6.26. The first-order valence-electron chi connectivity index (χ1n) is 22.4. The average molecular weight is 940 g/mol. The highest BCUT2D eigenvalue weighted by atomic mass is 32.1. The van der Waals surface area contributed by atoms with Crippen molar-refractivity contribution < 1.29 is 51.1 Å². The third kappa shape index (κ3) is 7.25. The van der Waals surface area contributed by atoms with Crippen molar-refractivity contribution in [1.82, 2.24) is 20.0 Å². The summed E-state index contributed by atoms with van der Waals surface area (Å²) in [4.78, 5) is 85.8. The quantitative estimate of drug-likeness (QED) is 0.178. The van der Waals surface area contributed by atoms with Crippen LogP contribution >= 0.6 is 12.2 Å². The van der Waals surface area contributed by atoms with E-state index in [2.05, 4.69) is 10.2 Å². The number of rotatable bonds is 5. The van der Waals surface area contributed by atoms with Gasteiger partial charge in [0.2, 0.25) is 11.8 Å². The monoisotopic (exact) mass is 939 g/mol. The topological polar surface area (TPSA) is 164 Å². The van der Waals surface area contributed by atoms with Gasteiger partial charge in [0, 0.05) is 42.1 Å². The summed E-state index contributed by atoms with van der Waals surface area (Å²) >= 11 is 5.60. The number of nitriles is 1. The zero-order valence-corrected chi connectivity index (χ0v) is 37.5. The average Bonchev–Trinajstić information content (AvgIpc) is 3.62. The highest BCUT2D eigenvalue weighted by Gasteiger charge is 2.53. The highest BCUT2D eigenvalue weighted by Crippen LogP contribution is 2.49. The minimum atomic E-state index is -4.86. The maximum atomic E-state index is 15.9. The number of fused-ring (bicyclic) bond motifs is 2. The fourth-order valence-corrected chi connectivity index (χ4v) is 12.0. The van der Waals surface area contributed by atoms with E-state index in [1.807, 2.05) is 0 Å². The number of nitrogens with zero attached hydrogens (tertiary/aromatic N) is 6. The Morgan fingerprint density at radius 3 is 2.19 bits per heavy atom. The molecule has 6 aliphatic heterocycles. The number of hydrogen-bond donors (Lipinski definition) is 1. The van der Waals surface area contributed by atoms with E-state index in [4.69, 9.17) is 17.0 Å². The number of benzene rings is 3. The van der Waals surface area contributed by atoms with Gasteiger partial charge in [-0.1, -0.05) is 0 Å². The number of piperidine rings is 2. The number of imide groups is 2. The molecule has 1 saturated carbocycles. The molecule has 1 unspecified atom stereocenters. The predicted octanol–water partition coefficient (Wildman–Crippen LogP) is 6.14. The molecule has 1 aliphatic carbocycles. The molecule has 2 spiro atoms. The van der Waals surface area contributed by atoms with Gasteiger partial charge in [-0.3, -0.25) is 43.9 Å². The second-order valence-corrected chi connectivity index (χ2v) is 20.0. The van der Waals surface area contributed by atoms with Gasteiger partial charge in [0.05, 0.1) is 46.2 Å². The van der Waals surface area contributed by atoms with Crippen LogP contribution in [0.3, 0.4) is 0 Å². The SMILES string of the molecule is CC1(C)C(=O)N(c2ccc(C#N)c(C(F)(F)F)c2)C(=S)N1c1ccc(C(=O)N2CC3(CCC(N4CCC5(CC4)COc4cc6c(cc4C5)C(=O)N(C4CCC(=O)NC4=O)C6=O)CC3)C2)c(F)c1. The van der Waals surface area contributed by atoms with Crippen molar-refractivity contribution in [3.63, 3.8) is 0 Å². The van der Waals surface area contributed by atoms with E-state index in [1.165, 1.54) is 43.0 Å². The van der Waals surface area contributed by atoms with Crippen LogP contribution < -0.4 is 19.9 Å². The van der Waals surface area contributed by atoms with E-state index in [0.717, 1.165) is 79.1 Å². The molecule has 348 valence electrons. The standard InChI is InChI=1S/C48H45F4N7O7S/c1-45(2)43(65)57(29-4-3-26(22-53)34(18-29)48(50,51)52)44(67)59(45)30-5-6-31(35(49)19-30)40(62)56-23-47(24-56)11-9-28(10-12-47)55-15-13-46(14-16-55)21-27-17-32-33(20-37(27)66-25-46)42(64)58(41(32)63)36-7-8-38(60)54-39(36)61/h3-6,17-20,28,36H,7-16,21,23-25H2,1-2H3,(H,54,60,61). The summed E-state index contributed by atoms with van der Waals surface area (Å²) in [7, 11) is 0. The second-order valence-electron chi connectivity index (χ2n) is 19.7. The van der Waals surface area contributed by atoms with Crippen LogP contribution in [0.4, 0.5) is 28.9 Å². The van der Waals surface area contributed by atoms with Gasteiger partial charge in [-0.25, -0.2) is 4.39 Å². The fourth-order valence-electron chi connectivity index (χ4n) is 11.4. The minimum Gasteiger partial charge on any atom is -0.493 e. The van der Waals surface area contributed by atoms with Crippen LogP contribution in [0.5, 0.6) is 5.75 Å². The molecular weight excluding hydrogens is 895 g/mol. The largest absolute Gasteiger partial charge is 0.493 e. The van der Waals surface area contributed by atoms with E-state index in [0.29, 0.717) is 44.0 Å². The van der Waals surface area contributed by atoms with Crippen molar-refractivity contribution in [2.75, 3.05) is 42.6 Å². The maximum absolute atomic E-state index is 15.9. The molecule has 0 bridgehead atoms. The summed E-state index contributed by atoms with van der Waals surface area (Å²) < 4.78 is 63.5. The Kier molecular flexibility index (Phi) is 10.4. The van der Waals surface area contributed by atoms with Crippen molar-refractivity contribution >= 4 is 64.1 Å².